The van der Waals surface area contributed by atoms with Crippen molar-refractivity contribution in [3.8, 4) is 0 Å². The second-order valence-electron chi connectivity index (χ2n) is 9.95. The maximum absolute atomic E-state index is 13.3. The number of nitrogens with zero attached hydrogens (tertiary/aromatic N) is 5. The summed E-state index contributed by atoms with van der Waals surface area (Å²) in [4.78, 5) is 27.0. The smallest absolute Gasteiger partial charge is 0.254 e. The molecule has 2 aliphatic carbocycles. The molecule has 186 valence electrons. The molecule has 5 rings (SSSR count). The van der Waals surface area contributed by atoms with Crippen LogP contribution in [-0.2, 0) is 24.7 Å². The average molecular weight is 497 g/mol. The summed E-state index contributed by atoms with van der Waals surface area (Å²) >= 11 is 1.55. The molecule has 3 N–H and O–H groups in total. The Labute approximate surface area is 208 Å². The molecule has 11 heteroatoms. The van der Waals surface area contributed by atoms with Gasteiger partial charge in [0.25, 0.3) is 5.91 Å². The third-order valence-corrected chi connectivity index (χ3v) is 7.73. The molecule has 0 spiro atoms. The van der Waals surface area contributed by atoms with Crippen LogP contribution in [0, 0.1) is 18.8 Å². The maximum Gasteiger partial charge on any atom is 0.254 e. The molecule has 0 aromatic carbocycles. The topological polar surface area (TPSA) is 119 Å². The Morgan fingerprint density at radius 1 is 1.26 bits per heavy atom. The van der Waals surface area contributed by atoms with Crippen LogP contribution in [0.25, 0.3) is 0 Å². The van der Waals surface area contributed by atoms with Crippen molar-refractivity contribution < 1.29 is 9.59 Å². The van der Waals surface area contributed by atoms with Crippen LogP contribution >= 0.6 is 11.3 Å². The lowest BCUT2D eigenvalue weighted by Gasteiger charge is -2.25. The van der Waals surface area contributed by atoms with E-state index < -0.39 is 0 Å². The summed E-state index contributed by atoms with van der Waals surface area (Å²) in [6.45, 7) is 6.67. The predicted molar refractivity (Wildman–Crippen MR) is 135 cm³/mol. The number of anilines is 3. The molecule has 3 heterocycles. The van der Waals surface area contributed by atoms with Gasteiger partial charge in [0.05, 0.1) is 11.3 Å². The first-order chi connectivity index (χ1) is 16.8. The van der Waals surface area contributed by atoms with E-state index >= 15 is 0 Å². The van der Waals surface area contributed by atoms with Crippen molar-refractivity contribution >= 4 is 39.9 Å². The lowest BCUT2D eigenvalue weighted by molar-refractivity contribution is -0.117. The van der Waals surface area contributed by atoms with E-state index in [1.165, 1.54) is 4.88 Å². The van der Waals surface area contributed by atoms with Crippen LogP contribution in [0.5, 0.6) is 0 Å². The van der Waals surface area contributed by atoms with Gasteiger partial charge in [-0.1, -0.05) is 13.8 Å². The second-order valence-corrected chi connectivity index (χ2v) is 11.1. The summed E-state index contributed by atoms with van der Waals surface area (Å²) < 4.78 is 3.82. The first-order valence-electron chi connectivity index (χ1n) is 12.2. The van der Waals surface area contributed by atoms with Gasteiger partial charge in [0.1, 0.15) is 17.1 Å². The van der Waals surface area contributed by atoms with Crippen LogP contribution in [0.1, 0.15) is 65.6 Å². The van der Waals surface area contributed by atoms with E-state index in [1.807, 2.05) is 24.6 Å². The van der Waals surface area contributed by atoms with Gasteiger partial charge in [0.15, 0.2) is 0 Å². The Morgan fingerprint density at radius 3 is 2.74 bits per heavy atom. The van der Waals surface area contributed by atoms with Crippen molar-refractivity contribution in [2.75, 3.05) is 17.2 Å². The van der Waals surface area contributed by atoms with Crippen LogP contribution in [0.3, 0.4) is 0 Å². The summed E-state index contributed by atoms with van der Waals surface area (Å²) in [6, 6.07) is 2.05. The van der Waals surface area contributed by atoms with Gasteiger partial charge >= 0.3 is 0 Å². The van der Waals surface area contributed by atoms with Crippen LogP contribution in [0.2, 0.25) is 0 Å². The number of aryl methyl sites for hydroxylation is 3. The first kappa shape index (κ1) is 23.5. The molecule has 3 aromatic heterocycles. The fourth-order valence-corrected chi connectivity index (χ4v) is 5.76. The van der Waals surface area contributed by atoms with Crippen LogP contribution in [0.15, 0.2) is 12.4 Å². The number of aromatic nitrogens is 5. The third kappa shape index (κ3) is 4.95. The van der Waals surface area contributed by atoms with Gasteiger partial charge in [0, 0.05) is 36.5 Å². The largest absolute Gasteiger partial charge is 0.352 e. The SMILES string of the molecule is Cc1cc(Nc2nncn2[C@H]2CCc3sc(NC(=O)C4CC4)c(C(=O)NCC(C)C)c3C2)n(C)n1. The third-order valence-electron chi connectivity index (χ3n) is 6.53. The van der Waals surface area contributed by atoms with Gasteiger partial charge < -0.3 is 16.0 Å². The highest BCUT2D eigenvalue weighted by Gasteiger charge is 2.34. The predicted octanol–water partition coefficient (Wildman–Crippen LogP) is 3.59. The fraction of sp³-hybridized carbons (Fsp3) is 0.542. The van der Waals surface area contributed by atoms with E-state index in [-0.39, 0.29) is 23.8 Å². The molecule has 2 amide bonds. The van der Waals surface area contributed by atoms with Gasteiger partial charge in [0.2, 0.25) is 11.9 Å². The number of amides is 2. The molecule has 0 unspecified atom stereocenters. The van der Waals surface area contributed by atoms with Gasteiger partial charge in [-0.15, -0.1) is 21.5 Å². The van der Waals surface area contributed by atoms with Crippen molar-refractivity contribution in [3.05, 3.63) is 34.1 Å². The van der Waals surface area contributed by atoms with E-state index in [1.54, 1.807) is 22.3 Å². The quantitative estimate of drug-likeness (QED) is 0.439. The van der Waals surface area contributed by atoms with Crippen molar-refractivity contribution in [1.82, 2.24) is 29.9 Å². The summed E-state index contributed by atoms with van der Waals surface area (Å²) in [7, 11) is 1.88. The molecular weight excluding hydrogens is 464 g/mol. The molecule has 0 bridgehead atoms. The Kier molecular flexibility index (Phi) is 6.35. The van der Waals surface area contributed by atoms with E-state index in [2.05, 4.69) is 45.1 Å². The van der Waals surface area contributed by atoms with Crippen molar-refractivity contribution in [3.63, 3.8) is 0 Å². The second kappa shape index (κ2) is 9.44. The zero-order chi connectivity index (χ0) is 24.7. The number of carbonyl (C=O) groups excluding carboxylic acids is 2. The Bertz CT molecular complexity index is 1250. The summed E-state index contributed by atoms with van der Waals surface area (Å²) in [5.74, 6) is 1.80. The zero-order valence-electron chi connectivity index (χ0n) is 20.6. The molecule has 0 aliphatic heterocycles. The maximum atomic E-state index is 13.3. The lowest BCUT2D eigenvalue weighted by atomic mass is 9.91. The van der Waals surface area contributed by atoms with E-state index in [0.29, 0.717) is 35.4 Å². The van der Waals surface area contributed by atoms with Crippen LogP contribution in [-0.4, -0.2) is 42.9 Å². The van der Waals surface area contributed by atoms with Gasteiger partial charge in [-0.3, -0.25) is 18.8 Å². The number of fused-ring (bicyclic) bond motifs is 1. The van der Waals surface area contributed by atoms with Crippen molar-refractivity contribution in [2.45, 2.75) is 58.9 Å². The highest BCUT2D eigenvalue weighted by molar-refractivity contribution is 7.17. The lowest BCUT2D eigenvalue weighted by Crippen LogP contribution is -2.30. The Balaban J connectivity index is 1.42. The van der Waals surface area contributed by atoms with Gasteiger partial charge in [-0.2, -0.15) is 5.10 Å². The number of carbonyl (C=O) groups is 2. The van der Waals surface area contributed by atoms with E-state index in [9.17, 15) is 9.59 Å². The minimum absolute atomic E-state index is 0.0230. The zero-order valence-corrected chi connectivity index (χ0v) is 21.4. The molecule has 0 radical (unpaired) electrons. The number of nitrogens with one attached hydrogen (secondary N) is 3. The molecule has 1 fully saturated rings. The monoisotopic (exact) mass is 496 g/mol. The molecule has 1 saturated carbocycles. The summed E-state index contributed by atoms with van der Waals surface area (Å²) in [5.41, 5.74) is 2.56. The first-order valence-corrected chi connectivity index (χ1v) is 13.0. The number of hydrogen-bond donors (Lipinski definition) is 3. The van der Waals surface area contributed by atoms with Crippen molar-refractivity contribution in [2.24, 2.45) is 18.9 Å². The van der Waals surface area contributed by atoms with Crippen LogP contribution < -0.4 is 16.0 Å². The molecule has 35 heavy (non-hydrogen) atoms. The normalized spacial score (nSPS) is 17.3. The number of rotatable bonds is 8. The molecule has 0 saturated heterocycles. The molecule has 3 aromatic rings. The standard InChI is InChI=1S/C24H32N8O2S/c1-13(2)11-25-22(34)20-17-10-16(7-8-18(17)35-23(20)28-21(33)15-5-6-15)32-12-26-29-24(32)27-19-9-14(3)30-31(19)4/h9,12-13,15-16H,5-8,10-11H2,1-4H3,(H,25,34)(H,27,29)(H,28,33)/t16-/m0/s1. The molecular formula is C24H32N8O2S. The molecule has 10 nitrogen and oxygen atoms in total. The van der Waals surface area contributed by atoms with E-state index in [4.69, 9.17) is 0 Å². The highest BCUT2D eigenvalue weighted by atomic mass is 32.1. The summed E-state index contributed by atoms with van der Waals surface area (Å²) in [5, 5.41) is 23.0. The Morgan fingerprint density at radius 2 is 2.06 bits per heavy atom. The molecule has 1 atom stereocenters. The van der Waals surface area contributed by atoms with Crippen LogP contribution in [0.4, 0.5) is 16.8 Å². The number of thiophene rings is 1. The van der Waals surface area contributed by atoms with Gasteiger partial charge in [-0.25, -0.2) is 0 Å². The number of hydrogen-bond acceptors (Lipinski definition) is 7. The highest BCUT2D eigenvalue weighted by Crippen LogP contribution is 2.42. The molecule has 2 aliphatic rings. The average Bonchev–Trinajstić information content (AvgIpc) is 3.35. The minimum atomic E-state index is -0.115. The fourth-order valence-electron chi connectivity index (χ4n) is 4.52. The minimum Gasteiger partial charge on any atom is -0.352 e. The Hall–Kier alpha value is -3.21. The summed E-state index contributed by atoms with van der Waals surface area (Å²) in [6.07, 6.45) is 5.99. The van der Waals surface area contributed by atoms with Crippen molar-refractivity contribution in [1.29, 1.82) is 0 Å². The van der Waals surface area contributed by atoms with Gasteiger partial charge in [-0.05, 0) is 50.5 Å². The van der Waals surface area contributed by atoms with E-state index in [0.717, 1.165) is 42.8 Å².